The summed E-state index contributed by atoms with van der Waals surface area (Å²) in [7, 11) is 0. The van der Waals surface area contributed by atoms with Gasteiger partial charge in [-0.15, -0.1) is 0 Å². The summed E-state index contributed by atoms with van der Waals surface area (Å²) in [6, 6.07) is -0.451. The van der Waals surface area contributed by atoms with Gasteiger partial charge in [0.05, 0.1) is 12.0 Å². The fourth-order valence-corrected chi connectivity index (χ4v) is 1.06. The van der Waals surface area contributed by atoms with E-state index < -0.39 is 25.3 Å². The first-order chi connectivity index (χ1) is 4.77. The fourth-order valence-electron chi connectivity index (χ4n) is 1.06. The smallest absolute Gasteiger partial charge is 0.226 e. The molecule has 0 aromatic heterocycles. The van der Waals surface area contributed by atoms with E-state index in [0.29, 0.717) is 6.42 Å². The Morgan fingerprint density at radius 1 is 1.50 bits per heavy atom. The zero-order chi connectivity index (χ0) is 7.56. The van der Waals surface area contributed by atoms with Crippen LogP contribution in [0.3, 0.4) is 0 Å². The first-order valence-electron chi connectivity index (χ1n) is 3.20. The van der Waals surface area contributed by atoms with Crippen LogP contribution in [-0.4, -0.2) is 25.3 Å². The van der Waals surface area contributed by atoms with Gasteiger partial charge in [-0.1, -0.05) is 0 Å². The second-order valence-corrected chi connectivity index (χ2v) is 2.45. The summed E-state index contributed by atoms with van der Waals surface area (Å²) in [6.45, 7) is -1.27. The topological polar surface area (TPSA) is 29.1 Å². The van der Waals surface area contributed by atoms with E-state index in [1.165, 1.54) is 0 Å². The number of halogens is 2. The molecule has 1 aliphatic rings. The molecule has 1 aliphatic heterocycles. The second kappa shape index (κ2) is 2.94. The average molecular weight is 149 g/mol. The maximum atomic E-state index is 11.9. The molecule has 0 radical (unpaired) electrons. The summed E-state index contributed by atoms with van der Waals surface area (Å²) in [5.41, 5.74) is 0. The number of carbonyl (C=O) groups excluding carboxylic acids is 1. The number of hydrogen-bond acceptors (Lipinski definition) is 1. The molecule has 10 heavy (non-hydrogen) atoms. The van der Waals surface area contributed by atoms with E-state index in [1.807, 2.05) is 0 Å². The van der Waals surface area contributed by atoms with Gasteiger partial charge in [0, 0.05) is 0 Å². The maximum absolute atomic E-state index is 11.9. The molecule has 2 atom stereocenters. The quantitative estimate of drug-likeness (QED) is 0.606. The summed E-state index contributed by atoms with van der Waals surface area (Å²) in [5, 5.41) is 2.35. The maximum Gasteiger partial charge on any atom is 0.226 e. The largest absolute Gasteiger partial charge is 0.350 e. The molecule has 0 spiro atoms. The highest BCUT2D eigenvalue weighted by molar-refractivity contribution is 5.81. The summed E-state index contributed by atoms with van der Waals surface area (Å²) in [6.07, 6.45) is 0.297. The highest BCUT2D eigenvalue weighted by Crippen LogP contribution is 2.15. The van der Waals surface area contributed by atoms with E-state index >= 15 is 0 Å². The van der Waals surface area contributed by atoms with Gasteiger partial charge in [0.1, 0.15) is 13.3 Å². The summed E-state index contributed by atoms with van der Waals surface area (Å²) < 4.78 is 23.7. The molecule has 2 unspecified atom stereocenters. The lowest BCUT2D eigenvalue weighted by molar-refractivity contribution is -0.123. The van der Waals surface area contributed by atoms with Crippen molar-refractivity contribution in [3.8, 4) is 0 Å². The van der Waals surface area contributed by atoms with Crippen molar-refractivity contribution in [1.29, 1.82) is 0 Å². The summed E-state index contributed by atoms with van der Waals surface area (Å²) in [5.74, 6) is -0.967. The highest BCUT2D eigenvalue weighted by atomic mass is 19.1. The number of amides is 1. The van der Waals surface area contributed by atoms with Crippen LogP contribution in [-0.2, 0) is 4.79 Å². The van der Waals surface area contributed by atoms with Gasteiger partial charge in [0.15, 0.2) is 0 Å². The van der Waals surface area contributed by atoms with Gasteiger partial charge in [-0.3, -0.25) is 9.18 Å². The minimum atomic E-state index is -0.678. The van der Waals surface area contributed by atoms with Gasteiger partial charge in [0.2, 0.25) is 5.91 Å². The number of alkyl halides is 2. The standard InChI is InChI=1S/C6H9F2NO/c7-2-4-1-5(3-8)9-6(4)10/h4-5H,1-3H2,(H,9,10). The van der Waals surface area contributed by atoms with Gasteiger partial charge in [-0.25, -0.2) is 4.39 Å². The van der Waals surface area contributed by atoms with Crippen molar-refractivity contribution in [1.82, 2.24) is 5.32 Å². The number of rotatable bonds is 2. The van der Waals surface area contributed by atoms with Crippen LogP contribution in [0.15, 0.2) is 0 Å². The van der Waals surface area contributed by atoms with Crippen molar-refractivity contribution in [3.63, 3.8) is 0 Å². The second-order valence-electron chi connectivity index (χ2n) is 2.45. The van der Waals surface area contributed by atoms with Crippen molar-refractivity contribution < 1.29 is 13.6 Å². The predicted octanol–water partition coefficient (Wildman–Crippen LogP) is 0.430. The van der Waals surface area contributed by atoms with Gasteiger partial charge in [-0.2, -0.15) is 0 Å². The molecule has 1 saturated heterocycles. The van der Waals surface area contributed by atoms with Gasteiger partial charge in [-0.05, 0) is 6.42 Å². The lowest BCUT2D eigenvalue weighted by Crippen LogP contribution is -2.27. The normalized spacial score (nSPS) is 32.4. The van der Waals surface area contributed by atoms with Crippen LogP contribution < -0.4 is 5.32 Å². The van der Waals surface area contributed by atoms with Crippen LogP contribution in [0, 0.1) is 5.92 Å². The van der Waals surface area contributed by atoms with E-state index in [1.54, 1.807) is 0 Å². The van der Waals surface area contributed by atoms with Crippen LogP contribution >= 0.6 is 0 Å². The fraction of sp³-hybridized carbons (Fsp3) is 0.833. The Labute approximate surface area is 57.6 Å². The molecule has 58 valence electrons. The Morgan fingerprint density at radius 3 is 2.50 bits per heavy atom. The Hall–Kier alpha value is -0.670. The van der Waals surface area contributed by atoms with Crippen molar-refractivity contribution in [2.75, 3.05) is 13.3 Å². The Bertz CT molecular complexity index is 140. The molecular weight excluding hydrogens is 140 g/mol. The van der Waals surface area contributed by atoms with Gasteiger partial charge >= 0.3 is 0 Å². The number of carbonyl (C=O) groups is 1. The van der Waals surface area contributed by atoms with Gasteiger partial charge < -0.3 is 5.32 Å². The molecule has 0 aliphatic carbocycles. The summed E-state index contributed by atoms with van der Waals surface area (Å²) in [4.78, 5) is 10.7. The molecule has 0 aromatic rings. The van der Waals surface area contributed by atoms with Crippen LogP contribution in [0.4, 0.5) is 8.78 Å². The van der Waals surface area contributed by atoms with Crippen molar-refractivity contribution in [3.05, 3.63) is 0 Å². The SMILES string of the molecule is O=C1NC(CF)CC1CF. The zero-order valence-electron chi connectivity index (χ0n) is 5.44. The third-order valence-electron chi connectivity index (χ3n) is 1.66. The lowest BCUT2D eigenvalue weighted by atomic mass is 10.1. The van der Waals surface area contributed by atoms with E-state index in [0.717, 1.165) is 0 Å². The minimum Gasteiger partial charge on any atom is -0.350 e. The first-order valence-corrected chi connectivity index (χ1v) is 3.20. The molecule has 0 bridgehead atoms. The first kappa shape index (κ1) is 7.44. The molecule has 1 amide bonds. The molecule has 2 nitrogen and oxygen atoms in total. The van der Waals surface area contributed by atoms with Crippen molar-refractivity contribution in [2.24, 2.45) is 5.92 Å². The van der Waals surface area contributed by atoms with Crippen molar-refractivity contribution in [2.45, 2.75) is 12.5 Å². The van der Waals surface area contributed by atoms with E-state index in [4.69, 9.17) is 0 Å². The summed E-state index contributed by atoms with van der Waals surface area (Å²) >= 11 is 0. The van der Waals surface area contributed by atoms with Crippen LogP contribution in [0.25, 0.3) is 0 Å². The van der Waals surface area contributed by atoms with Crippen LogP contribution in [0.2, 0.25) is 0 Å². The molecule has 0 aromatic carbocycles. The van der Waals surface area contributed by atoms with Gasteiger partial charge in [0.25, 0.3) is 0 Å². The van der Waals surface area contributed by atoms with E-state index in [9.17, 15) is 13.6 Å². The Morgan fingerprint density at radius 2 is 2.20 bits per heavy atom. The lowest BCUT2D eigenvalue weighted by Gasteiger charge is -2.00. The molecule has 1 heterocycles. The monoisotopic (exact) mass is 149 g/mol. The minimum absolute atomic E-state index is 0.297. The molecular formula is C6H9F2NO. The van der Waals surface area contributed by atoms with E-state index in [2.05, 4.69) is 5.32 Å². The molecule has 1 fully saturated rings. The van der Waals surface area contributed by atoms with E-state index in [-0.39, 0.29) is 5.91 Å². The number of nitrogens with one attached hydrogen (secondary N) is 1. The highest BCUT2D eigenvalue weighted by Gasteiger charge is 2.31. The molecule has 0 saturated carbocycles. The molecule has 1 N–H and O–H groups in total. The van der Waals surface area contributed by atoms with Crippen LogP contribution in [0.1, 0.15) is 6.42 Å². The zero-order valence-corrected chi connectivity index (χ0v) is 5.44. The molecule has 4 heteroatoms. The third kappa shape index (κ3) is 1.25. The van der Waals surface area contributed by atoms with Crippen LogP contribution in [0.5, 0.6) is 0 Å². The Balaban J connectivity index is 2.44. The Kier molecular flexibility index (Phi) is 2.19. The molecule has 1 rings (SSSR count). The number of hydrogen-bond donors (Lipinski definition) is 1. The third-order valence-corrected chi connectivity index (χ3v) is 1.66. The predicted molar refractivity (Wildman–Crippen MR) is 32.0 cm³/mol. The van der Waals surface area contributed by atoms with Crippen molar-refractivity contribution >= 4 is 5.91 Å². The average Bonchev–Trinajstić information content (AvgIpc) is 2.30.